The fourth-order valence-corrected chi connectivity index (χ4v) is 11.7. The summed E-state index contributed by atoms with van der Waals surface area (Å²) in [6, 6.07) is 3.56. The normalized spacial score (nSPS) is 38.8. The molecular weight excluding hydrogens is 552 g/mol. The van der Waals surface area contributed by atoms with Crippen LogP contribution >= 0.6 is 0 Å². The van der Waals surface area contributed by atoms with E-state index in [1.165, 1.54) is 45.4 Å². The zero-order chi connectivity index (χ0) is 32.3. The van der Waals surface area contributed by atoms with Gasteiger partial charge in [-0.3, -0.25) is 14.6 Å². The first-order chi connectivity index (χ1) is 20.6. The van der Waals surface area contributed by atoms with Gasteiger partial charge in [0.1, 0.15) is 5.41 Å². The molecule has 0 bridgehead atoms. The third-order valence-corrected chi connectivity index (χ3v) is 13.6. The van der Waals surface area contributed by atoms with Crippen LogP contribution in [0.3, 0.4) is 0 Å². The summed E-state index contributed by atoms with van der Waals surface area (Å²) in [4.78, 5) is 45.1. The summed E-state index contributed by atoms with van der Waals surface area (Å²) in [7, 11) is 0. The van der Waals surface area contributed by atoms with Crippen molar-refractivity contribution in [2.45, 2.75) is 120 Å². The summed E-state index contributed by atoms with van der Waals surface area (Å²) in [5.74, 6) is 1.16. The molecule has 0 saturated heterocycles. The number of anilines is 1. The smallest absolute Gasteiger partial charge is 0.325 e. The second-order valence-electron chi connectivity index (χ2n) is 16.4. The van der Waals surface area contributed by atoms with Crippen molar-refractivity contribution in [2.24, 2.45) is 50.7 Å². The Bertz CT molecular complexity index is 1340. The molecule has 5 aliphatic rings. The fourth-order valence-electron chi connectivity index (χ4n) is 11.7. The van der Waals surface area contributed by atoms with Crippen molar-refractivity contribution in [3.05, 3.63) is 35.7 Å². The average Bonchev–Trinajstić information content (AvgIpc) is 3.26. The summed E-state index contributed by atoms with van der Waals surface area (Å²) in [5, 5.41) is 12.1. The molecule has 7 atom stereocenters. The first kappa shape index (κ1) is 32.8. The van der Waals surface area contributed by atoms with E-state index < -0.39 is 11.4 Å². The number of Topliss-reactive ketones (excluding diaryl/α,β-unsaturated/α-hetero) is 1. The number of nitrogens with one attached hydrogen (secondary N) is 1. The highest BCUT2D eigenvalue weighted by molar-refractivity contribution is 6.05. The minimum absolute atomic E-state index is 0.0464. The molecule has 0 unspecified atom stereocenters. The number of ketones is 1. The van der Waals surface area contributed by atoms with E-state index in [0.29, 0.717) is 23.2 Å². The molecule has 1 aromatic heterocycles. The highest BCUT2D eigenvalue weighted by Crippen LogP contribution is 2.76. The average molecular weight is 607 g/mol. The Morgan fingerprint density at radius 1 is 0.977 bits per heavy atom. The minimum Gasteiger partial charge on any atom is -0.325 e. The molecule has 242 valence electrons. The van der Waals surface area contributed by atoms with Gasteiger partial charge in [0.05, 0.1) is 11.9 Å². The van der Waals surface area contributed by atoms with Crippen molar-refractivity contribution in [1.82, 2.24) is 4.98 Å². The topological polar surface area (TPSA) is 106 Å². The van der Waals surface area contributed by atoms with Gasteiger partial charge in [0.15, 0.2) is 5.78 Å². The Balaban J connectivity index is 0.000000328. The van der Waals surface area contributed by atoms with E-state index in [1.807, 2.05) is 0 Å². The third kappa shape index (κ3) is 4.87. The van der Waals surface area contributed by atoms with Gasteiger partial charge in [0.2, 0.25) is 5.91 Å². The molecule has 6 rings (SSSR count). The van der Waals surface area contributed by atoms with Gasteiger partial charge < -0.3 is 10.2 Å². The van der Waals surface area contributed by atoms with Crippen LogP contribution in [0, 0.1) is 50.7 Å². The maximum absolute atomic E-state index is 13.3. The quantitative estimate of drug-likeness (QED) is 0.264. The van der Waals surface area contributed by atoms with Crippen molar-refractivity contribution in [1.29, 1.82) is 0 Å². The number of carbonyl (C=O) groups is 3. The van der Waals surface area contributed by atoms with Gasteiger partial charge in [-0.05, 0) is 120 Å². The second kappa shape index (κ2) is 11.4. The second-order valence-corrected chi connectivity index (χ2v) is 16.4. The number of carbonyl (C=O) groups excluding carboxylic acids is 3. The molecule has 44 heavy (non-hydrogen) atoms. The summed E-state index contributed by atoms with van der Waals surface area (Å²) in [6.45, 7) is 18.3. The van der Waals surface area contributed by atoms with Crippen molar-refractivity contribution in [3.63, 3.8) is 0 Å². The maximum Gasteiger partial charge on any atom is 0.352 e. The Labute approximate surface area is 263 Å². The largest absolute Gasteiger partial charge is 0.352 e. The SMILES string of the molecule is CC(=O)Nc1cccnc1.CC(C)C1=C2[C@H]3CC[C@@H]4[C@@]5(C)CCCC(C)(C)[C@@H]5CC[C@@]4(C)[C@]3(C)CC[C@@]2(C(=O)OO)CC1=O. The van der Waals surface area contributed by atoms with Crippen molar-refractivity contribution in [2.75, 3.05) is 5.32 Å². The van der Waals surface area contributed by atoms with E-state index in [-0.39, 0.29) is 40.8 Å². The molecule has 1 heterocycles. The van der Waals surface area contributed by atoms with E-state index in [1.54, 1.807) is 24.5 Å². The standard InChI is InChI=1S/C30H46O4.C7H8N2O/c1-18(2)23-20(31)17-30(25(32)34-33)16-15-28(6)19(24(23)30)9-10-22-27(5)13-8-12-26(3,4)21(27)11-14-29(22,28)7;1-6(10)9-7-3-2-4-8-5-7/h18-19,21-22,33H,8-17H2,1-7H3;2-5H,1H3,(H,9,10)/t19-,21+,22-,27+,28-,29-,30-;/m1./s1. The molecule has 4 saturated carbocycles. The van der Waals surface area contributed by atoms with Crippen molar-refractivity contribution < 1.29 is 24.5 Å². The Hall–Kier alpha value is -2.54. The van der Waals surface area contributed by atoms with Crippen LogP contribution in [0.25, 0.3) is 0 Å². The fraction of sp³-hybridized carbons (Fsp3) is 0.730. The third-order valence-electron chi connectivity index (χ3n) is 13.6. The molecule has 7 nitrogen and oxygen atoms in total. The molecule has 1 amide bonds. The molecule has 0 spiro atoms. The summed E-state index contributed by atoms with van der Waals surface area (Å²) < 4.78 is 0. The summed E-state index contributed by atoms with van der Waals surface area (Å²) in [6.07, 6.45) is 13.7. The van der Waals surface area contributed by atoms with Crippen LogP contribution < -0.4 is 5.32 Å². The van der Waals surface area contributed by atoms with Gasteiger partial charge >= 0.3 is 5.97 Å². The van der Waals surface area contributed by atoms with Crippen LogP contribution in [0.1, 0.15) is 120 Å². The van der Waals surface area contributed by atoms with Gasteiger partial charge in [-0.1, -0.05) is 54.9 Å². The number of fused-ring (bicyclic) bond motifs is 7. The van der Waals surface area contributed by atoms with Crippen LogP contribution in [0.4, 0.5) is 5.69 Å². The molecule has 0 radical (unpaired) electrons. The lowest BCUT2D eigenvalue weighted by Gasteiger charge is -2.71. The number of hydrogen-bond donors (Lipinski definition) is 2. The maximum atomic E-state index is 13.3. The van der Waals surface area contributed by atoms with Crippen LogP contribution in [0.2, 0.25) is 0 Å². The van der Waals surface area contributed by atoms with Gasteiger partial charge in [-0.2, -0.15) is 5.26 Å². The number of nitrogens with zero attached hydrogens (tertiary/aromatic N) is 1. The van der Waals surface area contributed by atoms with Crippen LogP contribution in [0.5, 0.6) is 0 Å². The molecule has 0 aliphatic heterocycles. The van der Waals surface area contributed by atoms with Gasteiger partial charge in [0.25, 0.3) is 0 Å². The molecule has 4 fully saturated rings. The first-order valence-corrected chi connectivity index (χ1v) is 16.9. The first-order valence-electron chi connectivity index (χ1n) is 16.9. The van der Waals surface area contributed by atoms with Gasteiger partial charge in [-0.25, -0.2) is 4.79 Å². The number of allylic oxidation sites excluding steroid dienone is 1. The predicted molar refractivity (Wildman–Crippen MR) is 171 cm³/mol. The summed E-state index contributed by atoms with van der Waals surface area (Å²) >= 11 is 0. The number of rotatable bonds is 3. The molecule has 1 aromatic rings. The lowest BCUT2D eigenvalue weighted by atomic mass is 9.33. The highest BCUT2D eigenvalue weighted by atomic mass is 17.1. The molecular formula is C37H54N2O5. The Morgan fingerprint density at radius 3 is 2.32 bits per heavy atom. The van der Waals surface area contributed by atoms with E-state index in [0.717, 1.165) is 35.6 Å². The van der Waals surface area contributed by atoms with E-state index in [2.05, 4.69) is 63.7 Å². The minimum atomic E-state index is -0.952. The zero-order valence-corrected chi connectivity index (χ0v) is 28.2. The predicted octanol–water partition coefficient (Wildman–Crippen LogP) is 8.41. The zero-order valence-electron chi connectivity index (χ0n) is 28.2. The lowest BCUT2D eigenvalue weighted by molar-refractivity contribution is -0.250. The highest BCUT2D eigenvalue weighted by Gasteiger charge is 2.70. The van der Waals surface area contributed by atoms with E-state index >= 15 is 0 Å². The lowest BCUT2D eigenvalue weighted by Crippen LogP contribution is -2.64. The Kier molecular flexibility index (Phi) is 8.48. The van der Waals surface area contributed by atoms with Gasteiger partial charge in [-0.15, -0.1) is 0 Å². The molecule has 7 heteroatoms. The van der Waals surface area contributed by atoms with Crippen molar-refractivity contribution in [3.8, 4) is 0 Å². The number of pyridine rings is 1. The van der Waals surface area contributed by atoms with Gasteiger partial charge in [0, 0.05) is 19.5 Å². The Morgan fingerprint density at radius 2 is 1.70 bits per heavy atom. The molecule has 2 N–H and O–H groups in total. The van der Waals surface area contributed by atoms with Crippen LogP contribution in [-0.4, -0.2) is 27.9 Å². The van der Waals surface area contributed by atoms with Crippen LogP contribution in [-0.2, 0) is 19.3 Å². The number of amides is 1. The monoisotopic (exact) mass is 606 g/mol. The van der Waals surface area contributed by atoms with Crippen molar-refractivity contribution >= 4 is 23.3 Å². The number of aromatic nitrogens is 1. The molecule has 0 aromatic carbocycles. The molecule has 5 aliphatic carbocycles. The number of hydrogen-bond acceptors (Lipinski definition) is 6. The summed E-state index contributed by atoms with van der Waals surface area (Å²) in [5.41, 5.74) is 2.70. The van der Waals surface area contributed by atoms with E-state index in [4.69, 9.17) is 0 Å². The van der Waals surface area contributed by atoms with Crippen LogP contribution in [0.15, 0.2) is 35.7 Å². The van der Waals surface area contributed by atoms with E-state index in [9.17, 15) is 19.6 Å².